The minimum Gasteiger partial charge on any atom is -0.460 e. The number of piperidine rings is 1. The Morgan fingerprint density at radius 2 is 1.81 bits per heavy atom. The molecule has 146 valence electrons. The van der Waals surface area contributed by atoms with Crippen LogP contribution in [0.1, 0.15) is 66.2 Å². The fourth-order valence-electron chi connectivity index (χ4n) is 4.47. The van der Waals surface area contributed by atoms with E-state index in [1.807, 2.05) is 20.8 Å². The van der Waals surface area contributed by atoms with Crippen molar-refractivity contribution in [1.82, 2.24) is 4.90 Å². The van der Waals surface area contributed by atoms with Gasteiger partial charge in [-0.25, -0.2) is 16.2 Å². The van der Waals surface area contributed by atoms with Crippen LogP contribution in [0, 0.1) is 17.9 Å². The highest BCUT2D eigenvalue weighted by Crippen LogP contribution is 2.50. The van der Waals surface area contributed by atoms with E-state index >= 15 is 0 Å². The van der Waals surface area contributed by atoms with Gasteiger partial charge in [0, 0.05) is 13.1 Å². The van der Waals surface area contributed by atoms with E-state index in [1.54, 1.807) is 11.8 Å². The molecule has 6 nitrogen and oxygen atoms in total. The lowest BCUT2D eigenvalue weighted by Crippen LogP contribution is -2.53. The van der Waals surface area contributed by atoms with Crippen molar-refractivity contribution in [3.8, 4) is 0 Å². The Balaban J connectivity index is 2.17. The predicted molar refractivity (Wildman–Crippen MR) is 98.5 cm³/mol. The number of hydrogen-bond acceptors (Lipinski definition) is 4. The Hall–Kier alpha value is -1.77. The van der Waals surface area contributed by atoms with Gasteiger partial charge in [0.15, 0.2) is 0 Å². The van der Waals surface area contributed by atoms with Crippen LogP contribution in [0.5, 0.6) is 0 Å². The Morgan fingerprint density at radius 1 is 1.23 bits per heavy atom. The molecule has 1 atom stereocenters. The van der Waals surface area contributed by atoms with Gasteiger partial charge in [0.2, 0.25) is 0 Å². The first-order chi connectivity index (χ1) is 12.2. The van der Waals surface area contributed by atoms with Crippen molar-refractivity contribution in [2.24, 2.45) is 11.3 Å². The van der Waals surface area contributed by atoms with Crippen LogP contribution in [-0.4, -0.2) is 48.3 Å². The van der Waals surface area contributed by atoms with E-state index in [0.29, 0.717) is 31.8 Å². The molecule has 0 spiro atoms. The van der Waals surface area contributed by atoms with Crippen LogP contribution in [0.3, 0.4) is 0 Å². The molecule has 0 aromatic rings. The molecule has 1 saturated heterocycles. The maximum atomic E-state index is 12.5. The fourth-order valence-corrected chi connectivity index (χ4v) is 4.47. The van der Waals surface area contributed by atoms with Crippen LogP contribution in [-0.2, 0) is 14.3 Å². The molecule has 1 saturated carbocycles. The smallest absolute Gasteiger partial charge is 0.410 e. The van der Waals surface area contributed by atoms with Crippen molar-refractivity contribution < 1.29 is 19.1 Å². The van der Waals surface area contributed by atoms with Gasteiger partial charge < -0.3 is 19.2 Å². The highest BCUT2D eigenvalue weighted by molar-refractivity contribution is 5.79. The van der Waals surface area contributed by atoms with Crippen molar-refractivity contribution in [2.45, 2.75) is 77.9 Å². The van der Waals surface area contributed by atoms with E-state index < -0.39 is 17.6 Å². The third-order valence-electron chi connectivity index (χ3n) is 5.70. The molecule has 1 unspecified atom stereocenters. The molecule has 1 amide bonds. The Kier molecular flexibility index (Phi) is 6.54. The molecule has 0 aromatic heterocycles. The van der Waals surface area contributed by atoms with Crippen molar-refractivity contribution >= 4 is 12.1 Å². The van der Waals surface area contributed by atoms with Gasteiger partial charge in [0.1, 0.15) is 5.60 Å². The maximum Gasteiger partial charge on any atom is 0.410 e. The third-order valence-corrected chi connectivity index (χ3v) is 5.70. The summed E-state index contributed by atoms with van der Waals surface area (Å²) in [6, 6.07) is -0.772. The quantitative estimate of drug-likeness (QED) is 0.558. The molecule has 0 radical (unpaired) electrons. The van der Waals surface area contributed by atoms with E-state index in [-0.39, 0.29) is 18.1 Å². The first-order valence-electron chi connectivity index (χ1n) is 9.74. The number of carbonyl (C=O) groups excluding carboxylic acids is 2. The lowest BCUT2D eigenvalue weighted by atomic mass is 9.63. The number of esters is 1. The number of ether oxygens (including phenoxy) is 2. The number of carbonyl (C=O) groups is 2. The molecule has 6 heteroatoms. The summed E-state index contributed by atoms with van der Waals surface area (Å²) in [5.74, 6) is -0.0492. The van der Waals surface area contributed by atoms with E-state index in [0.717, 1.165) is 25.7 Å². The van der Waals surface area contributed by atoms with Gasteiger partial charge in [0.25, 0.3) is 0 Å². The summed E-state index contributed by atoms with van der Waals surface area (Å²) in [6.07, 6.45) is 5.40. The fraction of sp³-hybridized carbons (Fsp3) is 0.850. The topological polar surface area (TPSA) is 60.2 Å². The van der Waals surface area contributed by atoms with Crippen LogP contribution in [0.2, 0.25) is 0 Å². The minimum absolute atomic E-state index is 0.287. The summed E-state index contributed by atoms with van der Waals surface area (Å²) in [5, 5.41) is 0. The van der Waals surface area contributed by atoms with Gasteiger partial charge in [-0.1, -0.05) is 12.8 Å². The minimum atomic E-state index is -0.772. The molecule has 1 heterocycles. The molecule has 0 aromatic carbocycles. The molecule has 1 aliphatic heterocycles. The van der Waals surface area contributed by atoms with Crippen LogP contribution >= 0.6 is 0 Å². The van der Waals surface area contributed by atoms with Gasteiger partial charge in [-0.05, 0) is 59.3 Å². The van der Waals surface area contributed by atoms with Gasteiger partial charge in [0.05, 0.1) is 12.0 Å². The highest BCUT2D eigenvalue weighted by Gasteiger charge is 2.56. The zero-order valence-electron chi connectivity index (χ0n) is 16.5. The average molecular weight is 364 g/mol. The van der Waals surface area contributed by atoms with E-state index in [2.05, 4.69) is 4.85 Å². The van der Waals surface area contributed by atoms with Gasteiger partial charge in [-0.3, -0.25) is 0 Å². The molecule has 2 fully saturated rings. The second-order valence-electron chi connectivity index (χ2n) is 8.47. The van der Waals surface area contributed by atoms with E-state index in [9.17, 15) is 9.59 Å². The lowest BCUT2D eigenvalue weighted by Gasteiger charge is -2.44. The predicted octanol–water partition coefficient (Wildman–Crippen LogP) is 4.04. The SMILES string of the molecule is [C-]#[N+]C(C(=O)OCC)C1(C2CCCC2)CCN(C(=O)OC(C)(C)C)CC1. The highest BCUT2D eigenvalue weighted by atomic mass is 16.6. The molecule has 2 rings (SSSR count). The number of hydrogen-bond donors (Lipinski definition) is 0. The Bertz CT molecular complexity index is 547. The zero-order valence-corrected chi connectivity index (χ0v) is 16.5. The monoisotopic (exact) mass is 364 g/mol. The largest absolute Gasteiger partial charge is 0.460 e. The van der Waals surface area contributed by atoms with Crippen LogP contribution in [0.15, 0.2) is 0 Å². The second-order valence-corrected chi connectivity index (χ2v) is 8.47. The summed E-state index contributed by atoms with van der Waals surface area (Å²) in [6.45, 7) is 16.3. The van der Waals surface area contributed by atoms with E-state index in [4.69, 9.17) is 16.0 Å². The lowest BCUT2D eigenvalue weighted by molar-refractivity contribution is -0.149. The molecule has 26 heavy (non-hydrogen) atoms. The summed E-state index contributed by atoms with van der Waals surface area (Å²) < 4.78 is 10.7. The van der Waals surface area contributed by atoms with Crippen molar-refractivity contribution in [3.63, 3.8) is 0 Å². The molecular weight excluding hydrogens is 332 g/mol. The number of rotatable bonds is 4. The first-order valence-corrected chi connectivity index (χ1v) is 9.74. The number of amides is 1. The third kappa shape index (κ3) is 4.49. The first kappa shape index (κ1) is 20.5. The molecule has 2 aliphatic rings. The summed E-state index contributed by atoms with van der Waals surface area (Å²) in [4.78, 5) is 30.3. The Labute approximate surface area is 157 Å². The van der Waals surface area contributed by atoms with Crippen LogP contribution in [0.25, 0.3) is 4.85 Å². The van der Waals surface area contributed by atoms with Crippen LogP contribution in [0.4, 0.5) is 4.79 Å². The second kappa shape index (κ2) is 8.28. The van der Waals surface area contributed by atoms with Gasteiger partial charge in [-0.2, -0.15) is 0 Å². The molecule has 0 N–H and O–H groups in total. The average Bonchev–Trinajstić information content (AvgIpc) is 3.09. The summed E-state index contributed by atoms with van der Waals surface area (Å²) in [7, 11) is 0. The zero-order chi connectivity index (χ0) is 19.4. The summed E-state index contributed by atoms with van der Waals surface area (Å²) in [5.41, 5.74) is -0.913. The molecule has 0 bridgehead atoms. The van der Waals surface area contributed by atoms with Crippen molar-refractivity contribution in [1.29, 1.82) is 0 Å². The van der Waals surface area contributed by atoms with Gasteiger partial charge >= 0.3 is 18.1 Å². The normalized spacial score (nSPS) is 21.7. The maximum absolute atomic E-state index is 12.5. The standard InChI is InChI=1S/C20H32N2O4/c1-6-25-17(23)16(21-5)20(15-9-7-8-10-15)11-13-22(14-12-20)18(24)26-19(2,3)4/h15-16H,6-14H2,1-4H3. The van der Waals surface area contributed by atoms with Crippen molar-refractivity contribution in [3.05, 3.63) is 11.4 Å². The van der Waals surface area contributed by atoms with Crippen molar-refractivity contribution in [2.75, 3.05) is 19.7 Å². The van der Waals surface area contributed by atoms with E-state index in [1.165, 1.54) is 0 Å². The molecular formula is C20H32N2O4. The number of likely N-dealkylation sites (tertiary alicyclic amines) is 1. The van der Waals surface area contributed by atoms with Crippen LogP contribution < -0.4 is 0 Å². The number of nitrogens with zero attached hydrogens (tertiary/aromatic N) is 2. The Morgan fingerprint density at radius 3 is 2.27 bits per heavy atom. The summed E-state index contributed by atoms with van der Waals surface area (Å²) >= 11 is 0. The molecule has 1 aliphatic carbocycles. The van der Waals surface area contributed by atoms with Gasteiger partial charge in [-0.15, -0.1) is 0 Å².